The van der Waals surface area contributed by atoms with Gasteiger partial charge in [0, 0.05) is 24.1 Å². The number of aromatic nitrogens is 2. The number of amides is 3. The lowest BCUT2D eigenvalue weighted by molar-refractivity contribution is -0.141. The van der Waals surface area contributed by atoms with Crippen molar-refractivity contribution in [2.24, 2.45) is 0 Å². The van der Waals surface area contributed by atoms with Crippen molar-refractivity contribution in [2.75, 3.05) is 17.2 Å². The molecule has 0 saturated carbocycles. The van der Waals surface area contributed by atoms with Crippen molar-refractivity contribution in [1.82, 2.24) is 15.1 Å². The van der Waals surface area contributed by atoms with E-state index in [1.807, 2.05) is 0 Å². The molecule has 0 radical (unpaired) electrons. The first-order chi connectivity index (χ1) is 12.3. The number of nitrogens with zero attached hydrogens (tertiary/aromatic N) is 2. The predicted octanol–water partition coefficient (Wildman–Crippen LogP) is 2.85. The van der Waals surface area contributed by atoms with Gasteiger partial charge in [-0.05, 0) is 30.3 Å². The van der Waals surface area contributed by atoms with Crippen LogP contribution in [-0.4, -0.2) is 28.3 Å². The van der Waals surface area contributed by atoms with Crippen molar-refractivity contribution >= 4 is 23.3 Å². The molecule has 1 heterocycles. The smallest absolute Gasteiger partial charge is 0.334 e. The number of halogens is 3. The van der Waals surface area contributed by atoms with Gasteiger partial charge >= 0.3 is 12.2 Å². The number of carbonyl (C=O) groups is 2. The van der Waals surface area contributed by atoms with Gasteiger partial charge in [-0.25, -0.2) is 4.79 Å². The van der Waals surface area contributed by atoms with Gasteiger partial charge in [0.2, 0.25) is 5.91 Å². The van der Waals surface area contributed by atoms with Crippen molar-refractivity contribution in [3.8, 4) is 0 Å². The average Bonchev–Trinajstić information content (AvgIpc) is 3.03. The summed E-state index contributed by atoms with van der Waals surface area (Å²) >= 11 is 0. The average molecular weight is 367 g/mol. The Balaban J connectivity index is 1.88. The molecule has 0 aliphatic heterocycles. The van der Waals surface area contributed by atoms with Crippen molar-refractivity contribution in [3.05, 3.63) is 54.9 Å². The third-order valence-corrected chi connectivity index (χ3v) is 3.07. The van der Waals surface area contributed by atoms with E-state index in [1.54, 1.807) is 24.3 Å². The highest BCUT2D eigenvalue weighted by atomic mass is 19.4. The maximum atomic E-state index is 12.5. The molecule has 1 aromatic carbocycles. The number of benzene rings is 1. The Morgan fingerprint density at radius 1 is 1.12 bits per heavy atom. The molecule has 0 saturated heterocycles. The zero-order valence-corrected chi connectivity index (χ0v) is 13.5. The van der Waals surface area contributed by atoms with E-state index in [9.17, 15) is 22.8 Å². The van der Waals surface area contributed by atoms with Gasteiger partial charge in [-0.1, -0.05) is 6.08 Å². The Morgan fingerprint density at radius 3 is 2.27 bits per heavy atom. The number of anilines is 2. The van der Waals surface area contributed by atoms with E-state index < -0.39 is 23.8 Å². The molecule has 3 amide bonds. The fourth-order valence-corrected chi connectivity index (χ4v) is 1.93. The highest BCUT2D eigenvalue weighted by molar-refractivity contribution is 5.92. The molecule has 0 atom stereocenters. The minimum Gasteiger partial charge on any atom is -0.334 e. The summed E-state index contributed by atoms with van der Waals surface area (Å²) in [6, 6.07) is 6.62. The Morgan fingerprint density at radius 2 is 1.73 bits per heavy atom. The molecule has 2 rings (SSSR count). The van der Waals surface area contributed by atoms with E-state index in [0.29, 0.717) is 17.9 Å². The van der Waals surface area contributed by atoms with E-state index in [1.165, 1.54) is 6.08 Å². The number of hydrogen-bond acceptors (Lipinski definition) is 3. The van der Waals surface area contributed by atoms with Crippen LogP contribution in [0.15, 0.2) is 49.2 Å². The lowest BCUT2D eigenvalue weighted by Crippen LogP contribution is -2.28. The van der Waals surface area contributed by atoms with Gasteiger partial charge in [-0.2, -0.15) is 18.3 Å². The minimum atomic E-state index is -4.55. The fraction of sp³-hybridized carbons (Fsp3) is 0.188. The second-order valence-corrected chi connectivity index (χ2v) is 5.15. The summed E-state index contributed by atoms with van der Waals surface area (Å²) in [6.45, 7) is 3.44. The van der Waals surface area contributed by atoms with Crippen molar-refractivity contribution < 1.29 is 22.8 Å². The summed E-state index contributed by atoms with van der Waals surface area (Å²) in [4.78, 5) is 23.4. The Labute approximate surface area is 146 Å². The fourth-order valence-electron chi connectivity index (χ4n) is 1.93. The number of nitrogens with one attached hydrogen (secondary N) is 3. The molecule has 0 spiro atoms. The second-order valence-electron chi connectivity index (χ2n) is 5.15. The molecule has 2 aromatic rings. The standard InChI is InChI=1S/C16H16F3N5O2/c1-2-8-20-15(26)22-12-5-3-11(4-6-12)21-14(25)10-24-9-7-13(23-24)16(17,18)19/h2-7,9H,1,8,10H2,(H,21,25)(H2,20,22,26). The third-order valence-electron chi connectivity index (χ3n) is 3.07. The summed E-state index contributed by atoms with van der Waals surface area (Å²) in [7, 11) is 0. The van der Waals surface area contributed by atoms with Crippen molar-refractivity contribution in [3.63, 3.8) is 0 Å². The monoisotopic (exact) mass is 367 g/mol. The van der Waals surface area contributed by atoms with Gasteiger partial charge in [0.05, 0.1) is 0 Å². The SMILES string of the molecule is C=CCNC(=O)Nc1ccc(NC(=O)Cn2ccc(C(F)(F)F)n2)cc1. The first-order valence-electron chi connectivity index (χ1n) is 7.44. The summed E-state index contributed by atoms with van der Waals surface area (Å²) in [5, 5.41) is 11.0. The molecule has 10 heteroatoms. The molecule has 0 bridgehead atoms. The summed E-state index contributed by atoms with van der Waals surface area (Å²) in [5.41, 5.74) is -0.128. The number of carbonyl (C=O) groups excluding carboxylic acids is 2. The number of urea groups is 1. The highest BCUT2D eigenvalue weighted by Crippen LogP contribution is 2.27. The maximum Gasteiger partial charge on any atom is 0.435 e. The van der Waals surface area contributed by atoms with Gasteiger partial charge in [-0.15, -0.1) is 6.58 Å². The van der Waals surface area contributed by atoms with Crippen LogP contribution in [0.5, 0.6) is 0 Å². The molecular weight excluding hydrogens is 351 g/mol. The molecule has 1 aromatic heterocycles. The largest absolute Gasteiger partial charge is 0.435 e. The van der Waals surface area contributed by atoms with Crippen LogP contribution in [0.2, 0.25) is 0 Å². The zero-order chi connectivity index (χ0) is 19.2. The minimum absolute atomic E-state index is 0.323. The Hall–Kier alpha value is -3.30. The molecule has 0 aliphatic carbocycles. The lowest BCUT2D eigenvalue weighted by atomic mass is 10.3. The number of rotatable bonds is 6. The van der Waals surface area contributed by atoms with Gasteiger partial charge in [0.1, 0.15) is 6.54 Å². The van der Waals surface area contributed by atoms with Crippen molar-refractivity contribution in [1.29, 1.82) is 0 Å². The van der Waals surface area contributed by atoms with E-state index in [0.717, 1.165) is 16.9 Å². The van der Waals surface area contributed by atoms with Crippen molar-refractivity contribution in [2.45, 2.75) is 12.7 Å². The van der Waals surface area contributed by atoms with Crippen LogP contribution in [0.25, 0.3) is 0 Å². The first-order valence-corrected chi connectivity index (χ1v) is 7.44. The predicted molar refractivity (Wildman–Crippen MR) is 89.5 cm³/mol. The van der Waals surface area contributed by atoms with Crippen LogP contribution in [0.1, 0.15) is 5.69 Å². The van der Waals surface area contributed by atoms with Crippen LogP contribution in [0, 0.1) is 0 Å². The van der Waals surface area contributed by atoms with Crippen LogP contribution < -0.4 is 16.0 Å². The molecule has 138 valence electrons. The van der Waals surface area contributed by atoms with Crippen LogP contribution in [-0.2, 0) is 17.5 Å². The number of alkyl halides is 3. The third kappa shape index (κ3) is 5.65. The molecular formula is C16H16F3N5O2. The van der Waals surface area contributed by atoms with Gasteiger partial charge < -0.3 is 16.0 Å². The quantitative estimate of drug-likeness (QED) is 0.686. The van der Waals surface area contributed by atoms with Gasteiger partial charge in [0.25, 0.3) is 0 Å². The molecule has 0 aliphatic rings. The van der Waals surface area contributed by atoms with Crippen LogP contribution >= 0.6 is 0 Å². The summed E-state index contributed by atoms with van der Waals surface area (Å²) < 4.78 is 38.3. The molecule has 0 fully saturated rings. The zero-order valence-electron chi connectivity index (χ0n) is 13.5. The Kier molecular flexibility index (Phi) is 5.99. The number of hydrogen-bond donors (Lipinski definition) is 3. The van der Waals surface area contributed by atoms with Crippen LogP contribution in [0.3, 0.4) is 0 Å². The van der Waals surface area contributed by atoms with E-state index >= 15 is 0 Å². The normalized spacial score (nSPS) is 10.9. The first kappa shape index (κ1) is 19.0. The molecule has 0 unspecified atom stereocenters. The van der Waals surface area contributed by atoms with Gasteiger partial charge in [-0.3, -0.25) is 9.48 Å². The Bertz CT molecular complexity index is 784. The van der Waals surface area contributed by atoms with Crippen LogP contribution in [0.4, 0.5) is 29.3 Å². The van der Waals surface area contributed by atoms with E-state index in [2.05, 4.69) is 27.6 Å². The van der Waals surface area contributed by atoms with E-state index in [4.69, 9.17) is 0 Å². The topological polar surface area (TPSA) is 88.0 Å². The molecule has 7 nitrogen and oxygen atoms in total. The highest BCUT2D eigenvalue weighted by Gasteiger charge is 2.33. The van der Waals surface area contributed by atoms with Gasteiger partial charge in [0.15, 0.2) is 5.69 Å². The summed E-state index contributed by atoms with van der Waals surface area (Å²) in [6.07, 6.45) is -1.94. The summed E-state index contributed by atoms with van der Waals surface area (Å²) in [5.74, 6) is -0.536. The van der Waals surface area contributed by atoms with E-state index in [-0.39, 0.29) is 6.54 Å². The maximum absolute atomic E-state index is 12.5. The molecule has 3 N–H and O–H groups in total. The lowest BCUT2D eigenvalue weighted by Gasteiger charge is -2.08. The molecule has 26 heavy (non-hydrogen) atoms. The second kappa shape index (κ2) is 8.19.